The van der Waals surface area contributed by atoms with Crippen molar-refractivity contribution in [2.24, 2.45) is 5.16 Å². The molecule has 17 heavy (non-hydrogen) atoms. The number of carbonyl (C=O) groups excluding carboxylic acids is 1. The van der Waals surface area contributed by atoms with Crippen molar-refractivity contribution in [2.75, 3.05) is 7.11 Å². The summed E-state index contributed by atoms with van der Waals surface area (Å²) in [5, 5.41) is 11.6. The first-order chi connectivity index (χ1) is 8.08. The van der Waals surface area contributed by atoms with Crippen molar-refractivity contribution in [2.45, 2.75) is 6.10 Å². The van der Waals surface area contributed by atoms with Crippen LogP contribution in [0, 0.1) is 0 Å². The number of methoxy groups -OCH3 is 1. The zero-order valence-electron chi connectivity index (χ0n) is 9.01. The predicted molar refractivity (Wildman–Crippen MR) is 61.8 cm³/mol. The molecule has 0 amide bonds. The van der Waals surface area contributed by atoms with Gasteiger partial charge in [-0.3, -0.25) is 0 Å². The first-order valence-electron chi connectivity index (χ1n) is 4.54. The Bertz CT molecular complexity index is 458. The minimum Gasteiger partial charge on any atom is -0.474 e. The number of carbonyl (C=O) groups is 1. The molecule has 6 heteroatoms. The third kappa shape index (κ3) is 3.52. The molecule has 1 N–H and O–H groups in total. The molecule has 1 aliphatic carbocycles. The average Bonchev–Trinajstić information content (AvgIpc) is 2.31. The third-order valence-electron chi connectivity index (χ3n) is 1.89. The third-order valence-corrected chi connectivity index (χ3v) is 2.13. The summed E-state index contributed by atoms with van der Waals surface area (Å²) in [6.07, 6.45) is 4.00. The maximum absolute atomic E-state index is 11.1. The van der Waals surface area contributed by atoms with E-state index in [2.05, 4.69) is 22.3 Å². The van der Waals surface area contributed by atoms with Gasteiger partial charge in [0, 0.05) is 10.9 Å². The van der Waals surface area contributed by atoms with Gasteiger partial charge in [-0.05, 0) is 30.0 Å². The molecule has 5 nitrogen and oxygen atoms in total. The molecule has 90 valence electrons. The van der Waals surface area contributed by atoms with Gasteiger partial charge in [0.1, 0.15) is 0 Å². The van der Waals surface area contributed by atoms with Gasteiger partial charge >= 0.3 is 5.97 Å². The summed E-state index contributed by atoms with van der Waals surface area (Å²) < 4.78 is 9.67. The van der Waals surface area contributed by atoms with E-state index in [-0.39, 0.29) is 5.76 Å². The molecule has 0 saturated heterocycles. The average molecular weight is 256 g/mol. The van der Waals surface area contributed by atoms with E-state index in [0.717, 1.165) is 0 Å². The summed E-state index contributed by atoms with van der Waals surface area (Å²) in [5.41, 5.74) is 0.366. The summed E-state index contributed by atoms with van der Waals surface area (Å²) in [6.45, 7) is 3.41. The lowest BCUT2D eigenvalue weighted by atomic mass is 10.1. The van der Waals surface area contributed by atoms with Gasteiger partial charge in [-0.15, -0.1) is 0 Å². The van der Waals surface area contributed by atoms with E-state index in [9.17, 15) is 4.79 Å². The van der Waals surface area contributed by atoms with Crippen molar-refractivity contribution in [3.05, 3.63) is 41.2 Å². The van der Waals surface area contributed by atoms with Crippen molar-refractivity contribution >= 4 is 23.4 Å². The van der Waals surface area contributed by atoms with Gasteiger partial charge in [-0.25, -0.2) is 4.79 Å². The highest BCUT2D eigenvalue weighted by Gasteiger charge is 2.19. The molecule has 0 aliphatic heterocycles. The molecule has 0 radical (unpaired) electrons. The number of hydrogen-bond donors (Lipinski definition) is 1. The van der Waals surface area contributed by atoms with E-state index in [0.29, 0.717) is 10.6 Å². The van der Waals surface area contributed by atoms with Gasteiger partial charge in [0.15, 0.2) is 11.9 Å². The Morgan fingerprint density at radius 3 is 3.00 bits per heavy atom. The topological polar surface area (TPSA) is 68.1 Å². The van der Waals surface area contributed by atoms with Crippen LogP contribution in [0.1, 0.15) is 0 Å². The second-order valence-corrected chi connectivity index (χ2v) is 3.45. The largest absolute Gasteiger partial charge is 0.474 e. The molecule has 0 heterocycles. The lowest BCUT2D eigenvalue weighted by Gasteiger charge is -2.18. The fourth-order valence-corrected chi connectivity index (χ4v) is 1.32. The van der Waals surface area contributed by atoms with E-state index in [1.807, 2.05) is 0 Å². The van der Waals surface area contributed by atoms with Crippen LogP contribution >= 0.6 is 11.6 Å². The van der Waals surface area contributed by atoms with E-state index in [1.165, 1.54) is 13.2 Å². The smallest absolute Gasteiger partial charge is 0.372 e. The molecular formula is C11H10ClNO4. The summed E-state index contributed by atoms with van der Waals surface area (Å²) in [4.78, 5) is 11.1. The second kappa shape index (κ2) is 5.94. The fourth-order valence-electron chi connectivity index (χ4n) is 1.13. The minimum absolute atomic E-state index is 0.161. The Kier molecular flexibility index (Phi) is 4.57. The van der Waals surface area contributed by atoms with E-state index in [1.54, 1.807) is 12.2 Å². The van der Waals surface area contributed by atoms with Crippen LogP contribution < -0.4 is 0 Å². The van der Waals surface area contributed by atoms with E-state index >= 15 is 0 Å². The first kappa shape index (κ1) is 13.1. The molecule has 1 atom stereocenters. The Balaban J connectivity index is 2.85. The Labute approximate surface area is 103 Å². The molecule has 0 aromatic rings. The predicted octanol–water partition coefficient (Wildman–Crippen LogP) is 1.74. The van der Waals surface area contributed by atoms with Crippen molar-refractivity contribution in [3.8, 4) is 0 Å². The maximum Gasteiger partial charge on any atom is 0.372 e. The Morgan fingerprint density at radius 2 is 2.41 bits per heavy atom. The molecule has 0 aromatic heterocycles. The lowest BCUT2D eigenvalue weighted by Crippen LogP contribution is -2.18. The number of rotatable bonds is 3. The van der Waals surface area contributed by atoms with Crippen LogP contribution in [-0.2, 0) is 14.3 Å². The van der Waals surface area contributed by atoms with Gasteiger partial charge in [0.25, 0.3) is 0 Å². The second-order valence-electron chi connectivity index (χ2n) is 3.01. The highest BCUT2D eigenvalue weighted by molar-refractivity contribution is 6.31. The minimum atomic E-state index is -0.681. The lowest BCUT2D eigenvalue weighted by molar-refractivity contribution is -0.140. The first-order valence-corrected chi connectivity index (χ1v) is 4.92. The highest BCUT2D eigenvalue weighted by Crippen LogP contribution is 2.21. The SMILES string of the molecule is C=C(OC1C=CC(Cl)=CC1=C=NO)C(=O)OC. The summed E-state index contributed by atoms with van der Waals surface area (Å²) in [5.74, 6) is 1.45. The standard InChI is InChI=1S/C11H10ClNO4/c1-7(11(14)16-2)17-10-4-3-9(12)5-8(10)6-13-15/h3-5,10,15H,1H2,2H3. The Morgan fingerprint density at radius 1 is 1.71 bits per heavy atom. The summed E-state index contributed by atoms with van der Waals surface area (Å²) in [7, 11) is 1.22. The molecule has 0 saturated carbocycles. The van der Waals surface area contributed by atoms with Gasteiger partial charge in [-0.1, -0.05) is 11.6 Å². The number of hydrogen-bond acceptors (Lipinski definition) is 5. The van der Waals surface area contributed by atoms with Gasteiger partial charge in [0.05, 0.1) is 12.7 Å². The van der Waals surface area contributed by atoms with Crippen molar-refractivity contribution in [3.63, 3.8) is 0 Å². The van der Waals surface area contributed by atoms with E-state index < -0.39 is 12.1 Å². The molecule has 0 bridgehead atoms. The summed E-state index contributed by atoms with van der Waals surface area (Å²) >= 11 is 5.76. The van der Waals surface area contributed by atoms with Crippen LogP contribution in [0.2, 0.25) is 0 Å². The molecule has 0 aromatic carbocycles. The number of ether oxygens (including phenoxy) is 2. The number of allylic oxidation sites excluding steroid dienone is 2. The van der Waals surface area contributed by atoms with Gasteiger partial charge in [0.2, 0.25) is 0 Å². The van der Waals surface area contributed by atoms with Gasteiger partial charge in [-0.2, -0.15) is 0 Å². The highest BCUT2D eigenvalue weighted by atomic mass is 35.5. The van der Waals surface area contributed by atoms with Crippen LogP contribution in [-0.4, -0.2) is 30.3 Å². The molecule has 1 aliphatic rings. The number of nitrogens with zero attached hydrogens (tertiary/aromatic N) is 1. The normalized spacial score (nSPS) is 17.9. The summed E-state index contributed by atoms with van der Waals surface area (Å²) in [6, 6.07) is 0. The zero-order valence-corrected chi connectivity index (χ0v) is 9.77. The molecule has 0 spiro atoms. The quantitative estimate of drug-likeness (QED) is 0.208. The van der Waals surface area contributed by atoms with Crippen molar-refractivity contribution < 1.29 is 19.5 Å². The Hall–Kier alpha value is -1.97. The zero-order chi connectivity index (χ0) is 12.8. The van der Waals surface area contributed by atoms with Crippen LogP contribution in [0.5, 0.6) is 0 Å². The molecule has 1 unspecified atom stereocenters. The maximum atomic E-state index is 11.1. The monoisotopic (exact) mass is 255 g/mol. The molecule has 0 fully saturated rings. The molecule has 1 rings (SSSR count). The fraction of sp³-hybridized carbons (Fsp3) is 0.182. The number of esters is 1. The molecular weight excluding hydrogens is 246 g/mol. The van der Waals surface area contributed by atoms with Crippen LogP contribution in [0.15, 0.2) is 46.3 Å². The van der Waals surface area contributed by atoms with Crippen LogP contribution in [0.3, 0.4) is 0 Å². The van der Waals surface area contributed by atoms with Crippen molar-refractivity contribution in [1.82, 2.24) is 0 Å². The van der Waals surface area contributed by atoms with Crippen molar-refractivity contribution in [1.29, 1.82) is 0 Å². The van der Waals surface area contributed by atoms with Crippen LogP contribution in [0.4, 0.5) is 0 Å². The van der Waals surface area contributed by atoms with Gasteiger partial charge < -0.3 is 14.7 Å². The van der Waals surface area contributed by atoms with Crippen LogP contribution in [0.25, 0.3) is 0 Å². The van der Waals surface area contributed by atoms with E-state index in [4.69, 9.17) is 21.5 Å². The number of halogens is 1.